The van der Waals surface area contributed by atoms with Gasteiger partial charge < -0.3 is 11.1 Å². The van der Waals surface area contributed by atoms with Gasteiger partial charge in [0.25, 0.3) is 0 Å². The molecule has 0 aromatic heterocycles. The minimum Gasteiger partial charge on any atom is -0.398 e. The van der Waals surface area contributed by atoms with Crippen molar-refractivity contribution in [2.75, 3.05) is 11.1 Å². The van der Waals surface area contributed by atoms with Gasteiger partial charge in [0, 0.05) is 11.4 Å². The summed E-state index contributed by atoms with van der Waals surface area (Å²) in [6, 6.07) is 12.1. The predicted octanol–water partition coefficient (Wildman–Crippen LogP) is 3.46. The van der Waals surface area contributed by atoms with E-state index in [1.165, 1.54) is 6.07 Å². The molecule has 0 atom stereocenters. The van der Waals surface area contributed by atoms with Gasteiger partial charge in [0.1, 0.15) is 5.82 Å². The largest absolute Gasteiger partial charge is 0.398 e. The minimum atomic E-state index is -0.274. The molecule has 3 heteroatoms. The first kappa shape index (κ1) is 10.5. The lowest BCUT2D eigenvalue weighted by molar-refractivity contribution is 0.632. The second-order valence-corrected chi connectivity index (χ2v) is 3.62. The van der Waals surface area contributed by atoms with Crippen LogP contribution in [0.1, 0.15) is 5.56 Å². The zero-order chi connectivity index (χ0) is 11.5. The third kappa shape index (κ3) is 1.98. The molecule has 0 saturated heterocycles. The SMILES string of the molecule is Cc1c(N)cccc1Nc1ccccc1F. The maximum atomic E-state index is 13.4. The van der Waals surface area contributed by atoms with Crippen LogP contribution in [0.2, 0.25) is 0 Å². The van der Waals surface area contributed by atoms with Crippen LogP contribution < -0.4 is 11.1 Å². The van der Waals surface area contributed by atoms with Crippen molar-refractivity contribution in [2.45, 2.75) is 6.92 Å². The van der Waals surface area contributed by atoms with E-state index in [0.29, 0.717) is 11.4 Å². The highest BCUT2D eigenvalue weighted by molar-refractivity contribution is 5.69. The number of nitrogens with two attached hydrogens (primary N) is 1. The lowest BCUT2D eigenvalue weighted by Crippen LogP contribution is -1.98. The molecular weight excluding hydrogens is 203 g/mol. The summed E-state index contributed by atoms with van der Waals surface area (Å²) in [6.45, 7) is 1.90. The van der Waals surface area contributed by atoms with E-state index in [1.54, 1.807) is 18.2 Å². The number of benzene rings is 2. The normalized spacial score (nSPS) is 10.1. The third-order valence-corrected chi connectivity index (χ3v) is 2.52. The van der Waals surface area contributed by atoms with Crippen LogP contribution in [-0.2, 0) is 0 Å². The Balaban J connectivity index is 2.35. The number of nitrogen functional groups attached to an aromatic ring is 1. The Hall–Kier alpha value is -2.03. The van der Waals surface area contributed by atoms with Gasteiger partial charge in [-0.2, -0.15) is 0 Å². The molecule has 3 N–H and O–H groups in total. The fourth-order valence-electron chi connectivity index (χ4n) is 1.50. The summed E-state index contributed by atoms with van der Waals surface area (Å²) in [5.74, 6) is -0.274. The maximum Gasteiger partial charge on any atom is 0.146 e. The fraction of sp³-hybridized carbons (Fsp3) is 0.0769. The topological polar surface area (TPSA) is 38.0 Å². The van der Waals surface area contributed by atoms with Crippen LogP contribution in [0.5, 0.6) is 0 Å². The molecule has 2 aromatic rings. The molecule has 0 aliphatic heterocycles. The van der Waals surface area contributed by atoms with Crippen molar-refractivity contribution in [2.24, 2.45) is 0 Å². The molecular formula is C13H13FN2. The highest BCUT2D eigenvalue weighted by atomic mass is 19.1. The first-order chi connectivity index (χ1) is 7.68. The Labute approximate surface area is 93.9 Å². The van der Waals surface area contributed by atoms with Gasteiger partial charge in [0.15, 0.2) is 0 Å². The van der Waals surface area contributed by atoms with Crippen molar-refractivity contribution >= 4 is 17.1 Å². The molecule has 0 bridgehead atoms. The highest BCUT2D eigenvalue weighted by Crippen LogP contribution is 2.25. The summed E-state index contributed by atoms with van der Waals surface area (Å²) >= 11 is 0. The molecule has 0 radical (unpaired) electrons. The molecule has 2 rings (SSSR count). The van der Waals surface area contributed by atoms with Gasteiger partial charge in [-0.15, -0.1) is 0 Å². The molecule has 16 heavy (non-hydrogen) atoms. The van der Waals surface area contributed by atoms with Crippen molar-refractivity contribution < 1.29 is 4.39 Å². The average Bonchev–Trinajstić information content (AvgIpc) is 2.28. The Morgan fingerprint density at radius 2 is 1.69 bits per heavy atom. The van der Waals surface area contributed by atoms with E-state index in [4.69, 9.17) is 5.73 Å². The zero-order valence-electron chi connectivity index (χ0n) is 9.00. The van der Waals surface area contributed by atoms with E-state index >= 15 is 0 Å². The number of anilines is 3. The summed E-state index contributed by atoms with van der Waals surface area (Å²) < 4.78 is 13.4. The van der Waals surface area contributed by atoms with Crippen LogP contribution in [0.3, 0.4) is 0 Å². The van der Waals surface area contributed by atoms with Crippen molar-refractivity contribution in [1.29, 1.82) is 0 Å². The van der Waals surface area contributed by atoms with Crippen molar-refractivity contribution in [1.82, 2.24) is 0 Å². The van der Waals surface area contributed by atoms with E-state index in [1.807, 2.05) is 25.1 Å². The molecule has 0 amide bonds. The molecule has 0 saturated carbocycles. The van der Waals surface area contributed by atoms with Gasteiger partial charge in [0.05, 0.1) is 5.69 Å². The summed E-state index contributed by atoms with van der Waals surface area (Å²) in [5.41, 5.74) is 8.68. The Bertz CT molecular complexity index is 509. The molecule has 2 aromatic carbocycles. The second-order valence-electron chi connectivity index (χ2n) is 3.62. The molecule has 2 nitrogen and oxygen atoms in total. The number of hydrogen-bond donors (Lipinski definition) is 2. The Morgan fingerprint density at radius 3 is 2.44 bits per heavy atom. The molecule has 0 spiro atoms. The van der Waals surface area contributed by atoms with Gasteiger partial charge in [-0.25, -0.2) is 4.39 Å². The average molecular weight is 216 g/mol. The van der Waals surface area contributed by atoms with Crippen molar-refractivity contribution in [3.8, 4) is 0 Å². The van der Waals surface area contributed by atoms with Crippen LogP contribution in [-0.4, -0.2) is 0 Å². The highest BCUT2D eigenvalue weighted by Gasteiger charge is 2.04. The summed E-state index contributed by atoms with van der Waals surface area (Å²) in [7, 11) is 0. The van der Waals surface area contributed by atoms with E-state index in [0.717, 1.165) is 11.3 Å². The maximum absolute atomic E-state index is 13.4. The van der Waals surface area contributed by atoms with Gasteiger partial charge in [-0.1, -0.05) is 18.2 Å². The molecule has 0 unspecified atom stereocenters. The minimum absolute atomic E-state index is 0.274. The van der Waals surface area contributed by atoms with Crippen LogP contribution in [0.15, 0.2) is 42.5 Å². The van der Waals surface area contributed by atoms with Gasteiger partial charge in [-0.05, 0) is 36.8 Å². The zero-order valence-corrected chi connectivity index (χ0v) is 9.00. The molecule has 82 valence electrons. The molecule has 0 aliphatic carbocycles. The molecule has 0 aliphatic rings. The Morgan fingerprint density at radius 1 is 1.00 bits per heavy atom. The number of hydrogen-bond acceptors (Lipinski definition) is 2. The lowest BCUT2D eigenvalue weighted by Gasteiger charge is -2.11. The van der Waals surface area contributed by atoms with E-state index < -0.39 is 0 Å². The van der Waals surface area contributed by atoms with Crippen LogP contribution in [0, 0.1) is 12.7 Å². The van der Waals surface area contributed by atoms with Crippen molar-refractivity contribution in [3.63, 3.8) is 0 Å². The fourth-order valence-corrected chi connectivity index (χ4v) is 1.50. The second kappa shape index (κ2) is 4.23. The number of halogens is 1. The van der Waals surface area contributed by atoms with Crippen LogP contribution in [0.25, 0.3) is 0 Å². The number of nitrogens with one attached hydrogen (secondary N) is 1. The van der Waals surface area contributed by atoms with Gasteiger partial charge in [-0.3, -0.25) is 0 Å². The number of rotatable bonds is 2. The predicted molar refractivity (Wildman–Crippen MR) is 65.3 cm³/mol. The van der Waals surface area contributed by atoms with Crippen LogP contribution in [0.4, 0.5) is 21.5 Å². The quantitative estimate of drug-likeness (QED) is 0.754. The molecule has 0 heterocycles. The van der Waals surface area contributed by atoms with E-state index in [-0.39, 0.29) is 5.82 Å². The number of para-hydroxylation sites is 1. The molecule has 0 fully saturated rings. The van der Waals surface area contributed by atoms with Crippen LogP contribution >= 0.6 is 0 Å². The summed E-state index contributed by atoms with van der Waals surface area (Å²) in [5, 5.41) is 3.03. The van der Waals surface area contributed by atoms with E-state index in [9.17, 15) is 4.39 Å². The van der Waals surface area contributed by atoms with Gasteiger partial charge >= 0.3 is 0 Å². The van der Waals surface area contributed by atoms with Crippen molar-refractivity contribution in [3.05, 3.63) is 53.8 Å². The summed E-state index contributed by atoms with van der Waals surface area (Å²) in [4.78, 5) is 0. The standard InChI is InChI=1S/C13H13FN2/c1-9-11(15)6-4-8-12(9)16-13-7-3-2-5-10(13)14/h2-8,16H,15H2,1H3. The van der Waals surface area contributed by atoms with Gasteiger partial charge in [0.2, 0.25) is 0 Å². The monoisotopic (exact) mass is 216 g/mol. The van der Waals surface area contributed by atoms with E-state index in [2.05, 4.69) is 5.32 Å². The first-order valence-corrected chi connectivity index (χ1v) is 5.05. The summed E-state index contributed by atoms with van der Waals surface area (Å²) in [6.07, 6.45) is 0. The third-order valence-electron chi connectivity index (χ3n) is 2.52. The Kier molecular flexibility index (Phi) is 2.77. The lowest BCUT2D eigenvalue weighted by atomic mass is 10.1. The smallest absolute Gasteiger partial charge is 0.146 e. The first-order valence-electron chi connectivity index (χ1n) is 5.05.